The number of amides is 1. The summed E-state index contributed by atoms with van der Waals surface area (Å²) in [5.74, 6) is 0.135. The smallest absolute Gasteiger partial charge is 0.228 e. The highest BCUT2D eigenvalue weighted by Gasteiger charge is 2.24. The number of aryl methyl sites for hydroxylation is 2. The molecule has 0 fully saturated rings. The second-order valence-electron chi connectivity index (χ2n) is 6.49. The van der Waals surface area contributed by atoms with E-state index >= 15 is 0 Å². The van der Waals surface area contributed by atoms with Gasteiger partial charge in [-0.3, -0.25) is 14.2 Å². The van der Waals surface area contributed by atoms with E-state index in [-0.39, 0.29) is 5.91 Å². The Hall–Kier alpha value is -2.45. The van der Waals surface area contributed by atoms with Gasteiger partial charge in [-0.25, -0.2) is 0 Å². The molecule has 3 aromatic heterocycles. The van der Waals surface area contributed by atoms with Gasteiger partial charge >= 0.3 is 0 Å². The first-order chi connectivity index (χ1) is 12.6. The van der Waals surface area contributed by atoms with Crippen molar-refractivity contribution in [2.45, 2.75) is 32.0 Å². The molecule has 1 amide bonds. The fraction of sp³-hybridized carbons (Fsp3) is 0.389. The third kappa shape index (κ3) is 3.30. The number of fused-ring (bicyclic) bond motifs is 1. The molecule has 0 saturated carbocycles. The van der Waals surface area contributed by atoms with Crippen LogP contribution in [0.3, 0.4) is 0 Å². The summed E-state index contributed by atoms with van der Waals surface area (Å²) in [6, 6.07) is 7.64. The maximum absolute atomic E-state index is 12.6. The first kappa shape index (κ1) is 17.0. The van der Waals surface area contributed by atoms with E-state index < -0.39 is 6.10 Å². The Balaban J connectivity index is 1.52. The first-order valence-electron chi connectivity index (χ1n) is 8.64. The van der Waals surface area contributed by atoms with Crippen molar-refractivity contribution in [2.24, 2.45) is 7.05 Å². The number of rotatable bonds is 4. The number of aromatic nitrogens is 4. The lowest BCUT2D eigenvalue weighted by Crippen LogP contribution is -2.31. The zero-order chi connectivity index (χ0) is 18.1. The molecule has 0 aromatic carbocycles. The van der Waals surface area contributed by atoms with Crippen LogP contribution in [0.15, 0.2) is 35.8 Å². The van der Waals surface area contributed by atoms with Gasteiger partial charge in [0.05, 0.1) is 30.0 Å². The van der Waals surface area contributed by atoms with Crippen molar-refractivity contribution in [3.8, 4) is 0 Å². The summed E-state index contributed by atoms with van der Waals surface area (Å²) in [7, 11) is 1.80. The lowest BCUT2D eigenvalue weighted by molar-refractivity contribution is -0.131. The van der Waals surface area contributed by atoms with Crippen molar-refractivity contribution in [3.05, 3.63) is 57.8 Å². The minimum atomic E-state index is -0.822. The van der Waals surface area contributed by atoms with Gasteiger partial charge in [-0.1, -0.05) is 6.07 Å². The standard InChI is InChI=1S/C18H21N5O2S/c1-21-16(5-6-19-21)18(25)15-10-13-12-22(7-3-8-23(13)20-15)17(24)11-14-4-2-9-26-14/h2,4-6,9-10,18,25H,3,7-8,11-12H2,1H3/t18-/m0/s1. The van der Waals surface area contributed by atoms with Crippen LogP contribution in [-0.2, 0) is 31.4 Å². The van der Waals surface area contributed by atoms with E-state index in [0.29, 0.717) is 24.4 Å². The lowest BCUT2D eigenvalue weighted by Gasteiger charge is -2.19. The van der Waals surface area contributed by atoms with Crippen LogP contribution in [0.1, 0.15) is 34.5 Å². The minimum Gasteiger partial charge on any atom is -0.380 e. The molecule has 4 heterocycles. The molecule has 8 heteroatoms. The molecule has 0 aliphatic carbocycles. The number of hydrogen-bond acceptors (Lipinski definition) is 5. The largest absolute Gasteiger partial charge is 0.380 e. The predicted molar refractivity (Wildman–Crippen MR) is 97.6 cm³/mol. The number of carbonyl (C=O) groups excluding carboxylic acids is 1. The summed E-state index contributed by atoms with van der Waals surface area (Å²) in [6.45, 7) is 2.00. The molecule has 1 aliphatic rings. The number of hydrogen-bond donors (Lipinski definition) is 1. The molecule has 0 radical (unpaired) electrons. The lowest BCUT2D eigenvalue weighted by atomic mass is 10.1. The van der Waals surface area contributed by atoms with Gasteiger partial charge in [-0.2, -0.15) is 10.2 Å². The van der Waals surface area contributed by atoms with E-state index in [9.17, 15) is 9.90 Å². The summed E-state index contributed by atoms with van der Waals surface area (Å²) < 4.78 is 3.55. The average molecular weight is 371 g/mol. The van der Waals surface area contributed by atoms with Gasteiger partial charge in [0, 0.05) is 31.2 Å². The third-order valence-corrected chi connectivity index (χ3v) is 5.59. The highest BCUT2D eigenvalue weighted by atomic mass is 32.1. The fourth-order valence-corrected chi connectivity index (χ4v) is 4.00. The molecule has 7 nitrogen and oxygen atoms in total. The van der Waals surface area contributed by atoms with Crippen molar-refractivity contribution in [1.82, 2.24) is 24.5 Å². The number of aliphatic hydroxyl groups excluding tert-OH is 1. The predicted octanol–water partition coefficient (Wildman–Crippen LogP) is 1.73. The fourth-order valence-electron chi connectivity index (χ4n) is 3.31. The zero-order valence-corrected chi connectivity index (χ0v) is 15.4. The first-order valence-corrected chi connectivity index (χ1v) is 9.52. The monoisotopic (exact) mass is 371 g/mol. The van der Waals surface area contributed by atoms with Gasteiger partial charge in [0.25, 0.3) is 0 Å². The summed E-state index contributed by atoms with van der Waals surface area (Å²) in [6.07, 6.45) is 2.13. The van der Waals surface area contributed by atoms with Crippen molar-refractivity contribution >= 4 is 17.2 Å². The Morgan fingerprint density at radius 3 is 3.00 bits per heavy atom. The Morgan fingerprint density at radius 1 is 1.38 bits per heavy atom. The van der Waals surface area contributed by atoms with Gasteiger partial charge in [0.1, 0.15) is 6.10 Å². The summed E-state index contributed by atoms with van der Waals surface area (Å²) in [5.41, 5.74) is 2.25. The van der Waals surface area contributed by atoms with E-state index in [0.717, 1.165) is 30.1 Å². The maximum Gasteiger partial charge on any atom is 0.228 e. The normalized spacial score (nSPS) is 15.5. The summed E-state index contributed by atoms with van der Waals surface area (Å²) in [4.78, 5) is 15.6. The van der Waals surface area contributed by atoms with Crippen LogP contribution in [0.4, 0.5) is 0 Å². The van der Waals surface area contributed by atoms with Crippen LogP contribution in [0, 0.1) is 0 Å². The summed E-state index contributed by atoms with van der Waals surface area (Å²) >= 11 is 1.61. The second kappa shape index (κ2) is 7.05. The Morgan fingerprint density at radius 2 is 2.27 bits per heavy atom. The number of aliphatic hydroxyl groups is 1. The van der Waals surface area contributed by atoms with Gasteiger partial charge < -0.3 is 10.0 Å². The van der Waals surface area contributed by atoms with Crippen molar-refractivity contribution < 1.29 is 9.90 Å². The van der Waals surface area contributed by atoms with Crippen molar-refractivity contribution in [2.75, 3.05) is 6.54 Å². The van der Waals surface area contributed by atoms with Crippen LogP contribution >= 0.6 is 11.3 Å². The van der Waals surface area contributed by atoms with E-state index in [2.05, 4.69) is 10.2 Å². The van der Waals surface area contributed by atoms with E-state index in [1.165, 1.54) is 0 Å². The number of thiophene rings is 1. The molecule has 0 unspecified atom stereocenters. The minimum absolute atomic E-state index is 0.135. The SMILES string of the molecule is Cn1nccc1[C@@H](O)c1cc2n(n1)CCCN(C(=O)Cc1cccs1)C2. The quantitative estimate of drug-likeness (QED) is 0.758. The van der Waals surface area contributed by atoms with Gasteiger partial charge in [-0.05, 0) is 30.0 Å². The van der Waals surface area contributed by atoms with Crippen molar-refractivity contribution in [3.63, 3.8) is 0 Å². The molecule has 1 aliphatic heterocycles. The molecular weight excluding hydrogens is 350 g/mol. The van der Waals surface area contributed by atoms with Crippen LogP contribution < -0.4 is 0 Å². The molecule has 136 valence electrons. The van der Waals surface area contributed by atoms with Crippen LogP contribution in [0.5, 0.6) is 0 Å². The molecule has 1 atom stereocenters. The molecule has 4 rings (SSSR count). The second-order valence-corrected chi connectivity index (χ2v) is 7.52. The van der Waals surface area contributed by atoms with Crippen LogP contribution in [0.25, 0.3) is 0 Å². The Labute approximate surface area is 155 Å². The molecule has 0 spiro atoms. The molecule has 1 N–H and O–H groups in total. The van der Waals surface area contributed by atoms with Gasteiger partial charge in [-0.15, -0.1) is 11.3 Å². The number of nitrogens with zero attached hydrogens (tertiary/aromatic N) is 5. The Kier molecular flexibility index (Phi) is 4.60. The zero-order valence-electron chi connectivity index (χ0n) is 14.6. The molecular formula is C18H21N5O2S. The van der Waals surface area contributed by atoms with Crippen LogP contribution in [0.2, 0.25) is 0 Å². The van der Waals surface area contributed by atoms with E-state index in [1.54, 1.807) is 35.3 Å². The molecule has 0 bridgehead atoms. The van der Waals surface area contributed by atoms with E-state index in [4.69, 9.17) is 0 Å². The van der Waals surface area contributed by atoms with Gasteiger partial charge in [0.15, 0.2) is 0 Å². The topological polar surface area (TPSA) is 76.2 Å². The molecule has 0 saturated heterocycles. The van der Waals surface area contributed by atoms with E-state index in [1.807, 2.05) is 33.2 Å². The number of carbonyl (C=O) groups is 1. The highest BCUT2D eigenvalue weighted by Crippen LogP contribution is 2.23. The Bertz CT molecular complexity index is 899. The third-order valence-electron chi connectivity index (χ3n) is 4.71. The maximum atomic E-state index is 12.6. The molecule has 3 aromatic rings. The van der Waals surface area contributed by atoms with Crippen molar-refractivity contribution in [1.29, 1.82) is 0 Å². The molecule has 26 heavy (non-hydrogen) atoms. The van der Waals surface area contributed by atoms with Gasteiger partial charge in [0.2, 0.25) is 5.91 Å². The van der Waals surface area contributed by atoms with Crippen LogP contribution in [-0.4, -0.2) is 42.0 Å². The highest BCUT2D eigenvalue weighted by molar-refractivity contribution is 7.10. The average Bonchev–Trinajstić information content (AvgIpc) is 3.34. The summed E-state index contributed by atoms with van der Waals surface area (Å²) in [5, 5.41) is 21.3.